The lowest BCUT2D eigenvalue weighted by Gasteiger charge is -2.35. The van der Waals surface area contributed by atoms with E-state index in [9.17, 15) is 13.2 Å². The third-order valence-electron chi connectivity index (χ3n) is 4.49. The Hall–Kier alpha value is -1.81. The van der Waals surface area contributed by atoms with Crippen LogP contribution in [0.3, 0.4) is 0 Å². The van der Waals surface area contributed by atoms with Crippen molar-refractivity contribution < 1.29 is 13.2 Å². The molecule has 0 saturated carbocycles. The molecule has 1 saturated heterocycles. The van der Waals surface area contributed by atoms with Gasteiger partial charge in [0.25, 0.3) is 5.91 Å². The van der Waals surface area contributed by atoms with Crippen LogP contribution in [0.2, 0.25) is 5.02 Å². The van der Waals surface area contributed by atoms with Crippen molar-refractivity contribution in [1.29, 1.82) is 0 Å². The SMILES string of the molecule is CNN/C=C(/C)C(Cl)=NC1C[C@H](C)CN(C(=O)c2cc(Cl)ccc2NS(C)(=O)=O)C1. The molecule has 2 atom stereocenters. The Kier molecular flexibility index (Phi) is 8.54. The molecule has 1 fully saturated rings. The first-order valence-corrected chi connectivity index (χ1v) is 12.0. The molecule has 166 valence electrons. The summed E-state index contributed by atoms with van der Waals surface area (Å²) in [5.41, 5.74) is 6.78. The van der Waals surface area contributed by atoms with E-state index in [1.165, 1.54) is 18.2 Å². The Morgan fingerprint density at radius 3 is 2.67 bits per heavy atom. The normalized spacial score (nSPS) is 20.8. The highest BCUT2D eigenvalue weighted by Gasteiger charge is 2.30. The van der Waals surface area contributed by atoms with Crippen LogP contribution in [0.1, 0.15) is 30.6 Å². The lowest BCUT2D eigenvalue weighted by Crippen LogP contribution is -2.45. The number of piperidine rings is 1. The number of nitrogens with zero attached hydrogens (tertiary/aromatic N) is 2. The number of amides is 1. The van der Waals surface area contributed by atoms with Gasteiger partial charge in [-0.25, -0.2) is 13.8 Å². The lowest BCUT2D eigenvalue weighted by molar-refractivity contribution is 0.0663. The third kappa shape index (κ3) is 7.16. The standard InChI is InChI=1S/C19H27Cl2N5O3S/c1-12-7-15(24-18(21)13(2)9-23-22-3)11-26(10-12)19(27)16-8-14(20)5-6-17(16)25-30(4,28)29/h5-6,8-9,12,15,22-23,25H,7,10-11H2,1-4H3/b13-9-,24-18?/t12-,15?/m0/s1. The molecule has 1 amide bonds. The maximum Gasteiger partial charge on any atom is 0.256 e. The van der Waals surface area contributed by atoms with E-state index in [2.05, 4.69) is 20.6 Å². The molecule has 8 nitrogen and oxygen atoms in total. The van der Waals surface area contributed by atoms with Gasteiger partial charge >= 0.3 is 0 Å². The van der Waals surface area contributed by atoms with Gasteiger partial charge in [-0.15, -0.1) is 0 Å². The number of carbonyl (C=O) groups excluding carboxylic acids is 1. The minimum absolute atomic E-state index is 0.173. The molecular formula is C19H27Cl2N5O3S. The number of hydrogen-bond acceptors (Lipinski definition) is 6. The van der Waals surface area contributed by atoms with Crippen molar-refractivity contribution >= 4 is 50.0 Å². The van der Waals surface area contributed by atoms with E-state index in [1.54, 1.807) is 18.1 Å². The van der Waals surface area contributed by atoms with Crippen LogP contribution in [0.15, 0.2) is 35.0 Å². The molecule has 1 aromatic carbocycles. The van der Waals surface area contributed by atoms with Crippen molar-refractivity contribution in [1.82, 2.24) is 15.8 Å². The Bertz CT molecular complexity index is 949. The summed E-state index contributed by atoms with van der Waals surface area (Å²) in [6.07, 6.45) is 3.52. The van der Waals surface area contributed by atoms with Crippen molar-refractivity contribution in [3.63, 3.8) is 0 Å². The average molecular weight is 476 g/mol. The lowest BCUT2D eigenvalue weighted by atomic mass is 9.95. The van der Waals surface area contributed by atoms with Crippen LogP contribution in [0.5, 0.6) is 0 Å². The van der Waals surface area contributed by atoms with Gasteiger partial charge in [0.05, 0.1) is 23.5 Å². The molecule has 3 N–H and O–H groups in total. The van der Waals surface area contributed by atoms with E-state index in [0.29, 0.717) is 23.3 Å². The number of likely N-dealkylation sites (tertiary alicyclic amines) is 1. The number of anilines is 1. The number of benzene rings is 1. The Morgan fingerprint density at radius 2 is 2.03 bits per heavy atom. The minimum atomic E-state index is -3.55. The zero-order valence-electron chi connectivity index (χ0n) is 17.4. The van der Waals surface area contributed by atoms with Gasteiger partial charge in [0.2, 0.25) is 10.0 Å². The molecule has 0 aromatic heterocycles. The van der Waals surface area contributed by atoms with Gasteiger partial charge in [0.1, 0.15) is 5.17 Å². The van der Waals surface area contributed by atoms with Crippen molar-refractivity contribution in [2.45, 2.75) is 26.3 Å². The first kappa shape index (κ1) is 24.5. The second-order valence-electron chi connectivity index (χ2n) is 7.41. The predicted molar refractivity (Wildman–Crippen MR) is 123 cm³/mol. The first-order chi connectivity index (χ1) is 14.0. The second kappa shape index (κ2) is 10.5. The number of halogens is 2. The summed E-state index contributed by atoms with van der Waals surface area (Å²) in [7, 11) is -1.81. The van der Waals surface area contributed by atoms with Gasteiger partial charge in [0, 0.05) is 36.9 Å². The van der Waals surface area contributed by atoms with Crippen molar-refractivity contribution in [3.8, 4) is 0 Å². The van der Waals surface area contributed by atoms with Crippen LogP contribution in [-0.2, 0) is 10.0 Å². The van der Waals surface area contributed by atoms with Crippen LogP contribution in [0, 0.1) is 5.92 Å². The number of sulfonamides is 1. The predicted octanol–water partition coefficient (Wildman–Crippen LogP) is 2.83. The van der Waals surface area contributed by atoms with E-state index < -0.39 is 10.0 Å². The number of aliphatic imine (C=N–C) groups is 1. The number of rotatable bonds is 7. The highest BCUT2D eigenvalue weighted by molar-refractivity contribution is 7.92. The van der Waals surface area contributed by atoms with Gasteiger partial charge in [-0.2, -0.15) is 0 Å². The monoisotopic (exact) mass is 475 g/mol. The van der Waals surface area contributed by atoms with Crippen LogP contribution in [0.4, 0.5) is 5.69 Å². The summed E-state index contributed by atoms with van der Waals surface area (Å²) in [6, 6.07) is 4.32. The molecule has 11 heteroatoms. The zero-order valence-corrected chi connectivity index (χ0v) is 19.7. The van der Waals surface area contributed by atoms with Crippen LogP contribution < -0.4 is 15.6 Å². The van der Waals surface area contributed by atoms with Crippen molar-refractivity contribution in [2.75, 3.05) is 31.1 Å². The molecule has 0 aliphatic carbocycles. The summed E-state index contributed by atoms with van der Waals surface area (Å²) < 4.78 is 25.8. The summed E-state index contributed by atoms with van der Waals surface area (Å²) in [5, 5.41) is 0.712. The molecule has 1 aromatic rings. The van der Waals surface area contributed by atoms with Crippen molar-refractivity contribution in [3.05, 3.63) is 40.6 Å². The number of hydrogen-bond donors (Lipinski definition) is 3. The number of hydrazine groups is 1. The molecule has 1 heterocycles. The maximum atomic E-state index is 13.2. The summed E-state index contributed by atoms with van der Waals surface area (Å²) in [4.78, 5) is 19.5. The van der Waals surface area contributed by atoms with Gasteiger partial charge in [-0.1, -0.05) is 30.1 Å². The fraction of sp³-hybridized carbons (Fsp3) is 0.474. The molecule has 0 spiro atoms. The summed E-state index contributed by atoms with van der Waals surface area (Å²) in [6.45, 7) is 4.77. The molecule has 1 aliphatic rings. The molecular weight excluding hydrogens is 449 g/mol. The largest absolute Gasteiger partial charge is 0.336 e. The third-order valence-corrected chi connectivity index (χ3v) is 5.71. The first-order valence-electron chi connectivity index (χ1n) is 9.39. The highest BCUT2D eigenvalue weighted by Crippen LogP contribution is 2.27. The van der Waals surface area contributed by atoms with E-state index >= 15 is 0 Å². The molecule has 30 heavy (non-hydrogen) atoms. The number of allylic oxidation sites excluding steroid dienone is 1. The summed E-state index contributed by atoms with van der Waals surface area (Å²) in [5.74, 6) is -0.109. The fourth-order valence-corrected chi connectivity index (χ4v) is 4.17. The molecule has 1 aliphatic heterocycles. The van der Waals surface area contributed by atoms with Crippen molar-refractivity contribution in [2.24, 2.45) is 10.9 Å². The van der Waals surface area contributed by atoms with Gasteiger partial charge in [0.15, 0.2) is 0 Å². The molecule has 1 unspecified atom stereocenters. The smallest absolute Gasteiger partial charge is 0.256 e. The topological polar surface area (TPSA) is 103 Å². The Morgan fingerprint density at radius 1 is 1.33 bits per heavy atom. The van der Waals surface area contributed by atoms with Crippen LogP contribution in [0.25, 0.3) is 0 Å². The van der Waals surface area contributed by atoms with Gasteiger partial charge < -0.3 is 10.3 Å². The molecule has 0 radical (unpaired) electrons. The van der Waals surface area contributed by atoms with Crippen LogP contribution >= 0.6 is 23.2 Å². The number of nitrogens with one attached hydrogen (secondary N) is 3. The Balaban J connectivity index is 2.27. The number of carbonyl (C=O) groups is 1. The highest BCUT2D eigenvalue weighted by atomic mass is 35.5. The molecule has 0 bridgehead atoms. The van der Waals surface area contributed by atoms with Crippen LogP contribution in [-0.4, -0.2) is 56.8 Å². The zero-order chi connectivity index (χ0) is 22.5. The maximum absolute atomic E-state index is 13.2. The fourth-order valence-electron chi connectivity index (χ4n) is 3.23. The quantitative estimate of drug-likeness (QED) is 0.415. The second-order valence-corrected chi connectivity index (χ2v) is 9.95. The minimum Gasteiger partial charge on any atom is -0.336 e. The van der Waals surface area contributed by atoms with E-state index in [0.717, 1.165) is 18.2 Å². The Labute approximate surface area is 187 Å². The van der Waals surface area contributed by atoms with E-state index in [-0.39, 0.29) is 29.1 Å². The van der Waals surface area contributed by atoms with E-state index in [4.69, 9.17) is 23.2 Å². The molecule has 2 rings (SSSR count). The van der Waals surface area contributed by atoms with E-state index in [1.807, 2.05) is 13.8 Å². The van der Waals surface area contributed by atoms with Gasteiger partial charge in [-0.3, -0.25) is 14.5 Å². The summed E-state index contributed by atoms with van der Waals surface area (Å²) >= 11 is 12.4. The van der Waals surface area contributed by atoms with Gasteiger partial charge in [-0.05, 0) is 37.5 Å². The average Bonchev–Trinajstić information content (AvgIpc) is 2.65.